The third-order valence-corrected chi connectivity index (χ3v) is 6.39. The van der Waals surface area contributed by atoms with Gasteiger partial charge in [0.05, 0.1) is 41.1 Å². The molecule has 8 nitrogen and oxygen atoms in total. The van der Waals surface area contributed by atoms with Gasteiger partial charge in [0.2, 0.25) is 0 Å². The molecule has 4 rings (SSSR count). The first-order chi connectivity index (χ1) is 16.3. The molecule has 0 spiro atoms. The van der Waals surface area contributed by atoms with Gasteiger partial charge in [0.1, 0.15) is 5.75 Å². The van der Waals surface area contributed by atoms with Crippen molar-refractivity contribution < 1.29 is 24.2 Å². The molecule has 9 heteroatoms. The molecule has 2 aromatic carbocycles. The number of hydrogen-bond acceptors (Lipinski definition) is 7. The van der Waals surface area contributed by atoms with Gasteiger partial charge in [-0.25, -0.2) is 14.6 Å². The van der Waals surface area contributed by atoms with E-state index in [0.717, 1.165) is 5.56 Å². The number of carbonyl (C=O) groups is 2. The molecule has 0 radical (unpaired) electrons. The van der Waals surface area contributed by atoms with Crippen LogP contribution in [0, 0.1) is 0 Å². The Kier molecular flexibility index (Phi) is 6.47. The maximum Gasteiger partial charge on any atom is 0.338 e. The largest absolute Gasteiger partial charge is 0.497 e. The van der Waals surface area contributed by atoms with Gasteiger partial charge in [0, 0.05) is 0 Å². The van der Waals surface area contributed by atoms with Gasteiger partial charge < -0.3 is 14.6 Å². The predicted octanol–water partition coefficient (Wildman–Crippen LogP) is 2.51. The van der Waals surface area contributed by atoms with Crippen molar-refractivity contribution in [3.8, 4) is 5.75 Å². The lowest BCUT2D eigenvalue weighted by Gasteiger charge is -2.24. The molecule has 0 fully saturated rings. The average molecular weight is 479 g/mol. The second-order valence-corrected chi connectivity index (χ2v) is 8.51. The molecule has 1 N–H and O–H groups in total. The van der Waals surface area contributed by atoms with E-state index in [2.05, 4.69) is 4.99 Å². The Morgan fingerprint density at radius 3 is 2.41 bits per heavy atom. The van der Waals surface area contributed by atoms with E-state index in [0.29, 0.717) is 31.9 Å². The van der Waals surface area contributed by atoms with Gasteiger partial charge in [-0.15, -0.1) is 0 Å². The summed E-state index contributed by atoms with van der Waals surface area (Å²) in [5, 5.41) is 9.10. The molecule has 174 valence electrons. The third-order valence-electron chi connectivity index (χ3n) is 5.40. The molecule has 0 aliphatic carbocycles. The summed E-state index contributed by atoms with van der Waals surface area (Å²) in [6.07, 6.45) is 1.68. The van der Waals surface area contributed by atoms with E-state index in [1.807, 2.05) is 12.1 Å². The third kappa shape index (κ3) is 4.29. The zero-order valence-corrected chi connectivity index (χ0v) is 19.6. The fraction of sp³-hybridized carbons (Fsp3) is 0.200. The lowest BCUT2D eigenvalue weighted by molar-refractivity contribution is -0.139. The highest BCUT2D eigenvalue weighted by atomic mass is 32.1. The zero-order valence-electron chi connectivity index (χ0n) is 18.8. The summed E-state index contributed by atoms with van der Waals surface area (Å²) in [5.41, 5.74) is 2.04. The summed E-state index contributed by atoms with van der Waals surface area (Å²) in [6.45, 7) is 3.65. The molecule has 1 aliphatic rings. The summed E-state index contributed by atoms with van der Waals surface area (Å²) in [5.74, 6) is -0.894. The summed E-state index contributed by atoms with van der Waals surface area (Å²) in [4.78, 5) is 42.5. The highest BCUT2D eigenvalue weighted by molar-refractivity contribution is 7.07. The minimum absolute atomic E-state index is 0.160. The Hall–Kier alpha value is -3.98. The highest BCUT2D eigenvalue weighted by Gasteiger charge is 2.33. The number of aromatic nitrogens is 1. The van der Waals surface area contributed by atoms with Crippen molar-refractivity contribution in [1.82, 2.24) is 4.57 Å². The summed E-state index contributed by atoms with van der Waals surface area (Å²) < 4.78 is 12.5. The molecule has 1 aromatic heterocycles. The Balaban J connectivity index is 1.90. The molecule has 3 aromatic rings. The van der Waals surface area contributed by atoms with Crippen molar-refractivity contribution in [2.24, 2.45) is 4.99 Å². The second kappa shape index (κ2) is 9.48. The number of aromatic carboxylic acids is 1. The van der Waals surface area contributed by atoms with E-state index in [4.69, 9.17) is 14.6 Å². The zero-order chi connectivity index (χ0) is 24.4. The molecule has 34 heavy (non-hydrogen) atoms. The quantitative estimate of drug-likeness (QED) is 0.546. The molecule has 0 saturated carbocycles. The van der Waals surface area contributed by atoms with Crippen molar-refractivity contribution in [3.63, 3.8) is 0 Å². The van der Waals surface area contributed by atoms with Crippen molar-refractivity contribution in [1.29, 1.82) is 0 Å². The number of fused-ring (bicyclic) bond motifs is 1. The van der Waals surface area contributed by atoms with E-state index in [9.17, 15) is 14.4 Å². The monoisotopic (exact) mass is 478 g/mol. The number of ether oxygens (including phenoxy) is 2. The number of carboxylic acid groups (broad SMARTS) is 1. The van der Waals surface area contributed by atoms with Crippen LogP contribution < -0.4 is 19.6 Å². The van der Waals surface area contributed by atoms with Crippen LogP contribution in [0.1, 0.15) is 41.4 Å². The Morgan fingerprint density at radius 2 is 1.82 bits per heavy atom. The number of carboxylic acids is 1. The Bertz CT molecular complexity index is 1460. The highest BCUT2D eigenvalue weighted by Crippen LogP contribution is 2.31. The van der Waals surface area contributed by atoms with Crippen molar-refractivity contribution >= 4 is 29.4 Å². The van der Waals surface area contributed by atoms with Gasteiger partial charge >= 0.3 is 11.9 Å². The minimum Gasteiger partial charge on any atom is -0.497 e. The van der Waals surface area contributed by atoms with Crippen molar-refractivity contribution in [2.45, 2.75) is 19.9 Å². The van der Waals surface area contributed by atoms with E-state index >= 15 is 0 Å². The van der Waals surface area contributed by atoms with Crippen LogP contribution in [0.5, 0.6) is 5.75 Å². The topological polar surface area (TPSA) is 107 Å². The first-order valence-corrected chi connectivity index (χ1v) is 11.3. The normalized spacial score (nSPS) is 15.5. The standard InChI is InChI=1S/C25H22N2O6S/c1-4-33-24(31)20-14(2)26-25-27(21(20)16-9-11-18(32-3)12-10-16)22(28)19(34-25)13-15-5-7-17(8-6-15)23(29)30/h5-13,21H,4H2,1-3H3,(H,29,30)/b19-13-/t21-/m0/s1. The number of allylic oxidation sites excluding steroid dienone is 1. The van der Waals surface area contributed by atoms with E-state index < -0.39 is 18.0 Å². The molecule has 0 amide bonds. The SMILES string of the molecule is CCOC(=O)C1=C(C)N=c2s/c(=C\c3ccc(C(=O)O)cc3)c(=O)n2[C@H]1c1ccc(OC)cc1. The predicted molar refractivity (Wildman–Crippen MR) is 127 cm³/mol. The van der Waals surface area contributed by atoms with Crippen molar-refractivity contribution in [2.75, 3.05) is 13.7 Å². The molecular formula is C25H22N2O6S. The maximum atomic E-state index is 13.5. The minimum atomic E-state index is -1.02. The van der Waals surface area contributed by atoms with E-state index in [1.54, 1.807) is 51.3 Å². The first kappa shape index (κ1) is 23.2. The molecule has 1 aliphatic heterocycles. The lowest BCUT2D eigenvalue weighted by atomic mass is 9.96. The number of benzene rings is 2. The molecular weight excluding hydrogens is 456 g/mol. The second-order valence-electron chi connectivity index (χ2n) is 7.50. The molecule has 2 heterocycles. The number of esters is 1. The average Bonchev–Trinajstić information content (AvgIpc) is 3.13. The smallest absolute Gasteiger partial charge is 0.338 e. The van der Waals surface area contributed by atoms with Crippen LogP contribution in [-0.2, 0) is 9.53 Å². The fourth-order valence-corrected chi connectivity index (χ4v) is 4.81. The van der Waals surface area contributed by atoms with Crippen LogP contribution in [0.2, 0.25) is 0 Å². The number of methoxy groups -OCH3 is 1. The number of hydrogen-bond donors (Lipinski definition) is 1. The maximum absolute atomic E-state index is 13.5. The van der Waals surface area contributed by atoms with Gasteiger partial charge in [-0.2, -0.15) is 0 Å². The van der Waals surface area contributed by atoms with Gasteiger partial charge in [-0.05, 0) is 55.3 Å². The van der Waals surface area contributed by atoms with Crippen LogP contribution in [-0.4, -0.2) is 35.3 Å². The lowest BCUT2D eigenvalue weighted by Crippen LogP contribution is -2.39. The number of rotatable bonds is 6. The van der Waals surface area contributed by atoms with Crippen molar-refractivity contribution in [3.05, 3.63) is 96.2 Å². The fourth-order valence-electron chi connectivity index (χ4n) is 3.77. The van der Waals surface area contributed by atoms with Gasteiger partial charge in [-0.1, -0.05) is 35.6 Å². The first-order valence-electron chi connectivity index (χ1n) is 10.5. The summed E-state index contributed by atoms with van der Waals surface area (Å²) in [6, 6.07) is 12.7. The van der Waals surface area contributed by atoms with Gasteiger partial charge in [-0.3, -0.25) is 9.36 Å². The number of nitrogens with zero attached hydrogens (tertiary/aromatic N) is 2. The summed E-state index contributed by atoms with van der Waals surface area (Å²) >= 11 is 1.21. The van der Waals surface area contributed by atoms with Crippen LogP contribution in [0.15, 0.2) is 69.6 Å². The van der Waals surface area contributed by atoms with Crippen LogP contribution >= 0.6 is 11.3 Å². The van der Waals surface area contributed by atoms with Crippen LogP contribution in [0.25, 0.3) is 6.08 Å². The molecule has 1 atom stereocenters. The molecule has 0 bridgehead atoms. The van der Waals surface area contributed by atoms with E-state index in [1.165, 1.54) is 28.0 Å². The van der Waals surface area contributed by atoms with Gasteiger partial charge in [0.15, 0.2) is 4.80 Å². The number of thiazole rings is 1. The Labute approximate surface area is 198 Å². The number of carbonyl (C=O) groups excluding carboxylic acids is 1. The van der Waals surface area contributed by atoms with Gasteiger partial charge in [0.25, 0.3) is 5.56 Å². The Morgan fingerprint density at radius 1 is 1.15 bits per heavy atom. The van der Waals surface area contributed by atoms with Crippen LogP contribution in [0.3, 0.4) is 0 Å². The van der Waals surface area contributed by atoms with E-state index in [-0.39, 0.29) is 17.7 Å². The molecule has 0 saturated heterocycles. The molecule has 0 unspecified atom stereocenters. The summed E-state index contributed by atoms with van der Waals surface area (Å²) in [7, 11) is 1.56. The van der Waals surface area contributed by atoms with Crippen LogP contribution in [0.4, 0.5) is 0 Å².